The molecule has 0 aromatic heterocycles. The third-order valence-electron chi connectivity index (χ3n) is 4.60. The van der Waals surface area contributed by atoms with Crippen LogP contribution in [0.2, 0.25) is 0 Å². The van der Waals surface area contributed by atoms with Crippen LogP contribution in [-0.2, 0) is 10.2 Å². The van der Waals surface area contributed by atoms with Gasteiger partial charge in [0.2, 0.25) is 0 Å². The monoisotopic (exact) mass is 399 g/mol. The van der Waals surface area contributed by atoms with Gasteiger partial charge in [-0.1, -0.05) is 13.8 Å². The molecule has 0 atom stereocenters. The summed E-state index contributed by atoms with van der Waals surface area (Å²) in [7, 11) is -1.91. The highest BCUT2D eigenvalue weighted by Crippen LogP contribution is 2.24. The van der Waals surface area contributed by atoms with Crippen molar-refractivity contribution in [1.82, 2.24) is 13.5 Å². The number of hydrogen-bond donors (Lipinski definition) is 1. The summed E-state index contributed by atoms with van der Waals surface area (Å²) in [5.41, 5.74) is 0.524. The lowest BCUT2D eigenvalue weighted by Crippen LogP contribution is -2.54. The van der Waals surface area contributed by atoms with E-state index in [2.05, 4.69) is 5.32 Å². The molecule has 10 nitrogen and oxygen atoms in total. The normalized spacial score (nSPS) is 15.8. The molecule has 1 aliphatic heterocycles. The van der Waals surface area contributed by atoms with Crippen molar-refractivity contribution in [3.63, 3.8) is 0 Å². The van der Waals surface area contributed by atoms with E-state index in [4.69, 9.17) is 0 Å². The van der Waals surface area contributed by atoms with Crippen LogP contribution in [0.4, 0.5) is 11.4 Å². The first-order valence-electron chi connectivity index (χ1n) is 8.76. The summed E-state index contributed by atoms with van der Waals surface area (Å²) in [5, 5.41) is 13.9. The number of non-ortho nitro benzene ring substituents is 1. The fourth-order valence-corrected chi connectivity index (χ4v) is 4.65. The summed E-state index contributed by atoms with van der Waals surface area (Å²) >= 11 is 0. The van der Waals surface area contributed by atoms with E-state index in [1.807, 2.05) is 0 Å². The number of nitro benzene ring substituents is 1. The van der Waals surface area contributed by atoms with Gasteiger partial charge < -0.3 is 10.2 Å². The number of nitro groups is 1. The maximum absolute atomic E-state index is 12.8. The van der Waals surface area contributed by atoms with Gasteiger partial charge in [0, 0.05) is 64.1 Å². The van der Waals surface area contributed by atoms with Crippen molar-refractivity contribution in [1.29, 1.82) is 0 Å². The third-order valence-corrected chi connectivity index (χ3v) is 6.78. The topological polar surface area (TPSA) is 116 Å². The van der Waals surface area contributed by atoms with E-state index < -0.39 is 15.1 Å². The number of rotatable bonds is 7. The number of nitrogens with one attached hydrogen (secondary N) is 1. The second-order valence-electron chi connectivity index (χ2n) is 6.02. The molecule has 0 spiro atoms. The summed E-state index contributed by atoms with van der Waals surface area (Å²) in [5.74, 6) is -0.358. The van der Waals surface area contributed by atoms with Gasteiger partial charge in [-0.25, -0.2) is 0 Å². The van der Waals surface area contributed by atoms with Gasteiger partial charge in [0.1, 0.15) is 0 Å². The molecule has 1 N–H and O–H groups in total. The minimum absolute atomic E-state index is 0.167. The number of piperazine rings is 1. The minimum atomic E-state index is -3.54. The highest BCUT2D eigenvalue weighted by atomic mass is 32.2. The number of carbonyl (C=O) groups excluding carboxylic acids is 1. The van der Waals surface area contributed by atoms with E-state index in [9.17, 15) is 23.3 Å². The molecule has 0 radical (unpaired) electrons. The molecule has 1 fully saturated rings. The van der Waals surface area contributed by atoms with Crippen molar-refractivity contribution >= 4 is 27.5 Å². The van der Waals surface area contributed by atoms with Crippen LogP contribution in [0.3, 0.4) is 0 Å². The number of anilines is 1. The average molecular weight is 399 g/mol. The molecule has 2 rings (SSSR count). The van der Waals surface area contributed by atoms with Gasteiger partial charge in [-0.2, -0.15) is 17.0 Å². The van der Waals surface area contributed by atoms with Crippen LogP contribution in [0.25, 0.3) is 0 Å². The summed E-state index contributed by atoms with van der Waals surface area (Å²) < 4.78 is 27.9. The SMILES string of the molecule is CCN(CC)S(=O)(=O)N1CCN(C(=O)c2cc([N+](=O)[O-])ccc2NC)CC1. The van der Waals surface area contributed by atoms with Crippen LogP contribution >= 0.6 is 0 Å². The lowest BCUT2D eigenvalue weighted by atomic mass is 10.1. The minimum Gasteiger partial charge on any atom is -0.387 e. The Balaban J connectivity index is 2.16. The number of hydrogen-bond acceptors (Lipinski definition) is 6. The van der Waals surface area contributed by atoms with E-state index >= 15 is 0 Å². The van der Waals surface area contributed by atoms with E-state index in [-0.39, 0.29) is 43.3 Å². The van der Waals surface area contributed by atoms with Crippen LogP contribution in [0.5, 0.6) is 0 Å². The standard InChI is InChI=1S/C16H25N5O5S/c1-4-19(5-2)27(25,26)20-10-8-18(9-11-20)16(22)14-12-13(21(23)24)6-7-15(14)17-3/h6-7,12,17H,4-5,8-11H2,1-3H3. The van der Waals surface area contributed by atoms with Gasteiger partial charge in [-0.05, 0) is 6.07 Å². The Morgan fingerprint density at radius 1 is 1.22 bits per heavy atom. The lowest BCUT2D eigenvalue weighted by molar-refractivity contribution is -0.384. The molecule has 27 heavy (non-hydrogen) atoms. The summed E-state index contributed by atoms with van der Waals surface area (Å²) in [6, 6.07) is 4.07. The molecule has 0 unspecified atom stereocenters. The Morgan fingerprint density at radius 2 is 1.81 bits per heavy atom. The van der Waals surface area contributed by atoms with Gasteiger partial charge in [-0.3, -0.25) is 14.9 Å². The quantitative estimate of drug-likeness (QED) is 0.540. The summed E-state index contributed by atoms with van der Waals surface area (Å²) in [6.07, 6.45) is 0. The van der Waals surface area contributed by atoms with Gasteiger partial charge in [0.15, 0.2) is 0 Å². The van der Waals surface area contributed by atoms with Crippen molar-refractivity contribution in [3.8, 4) is 0 Å². The molecule has 0 saturated carbocycles. The Bertz CT molecular complexity index is 801. The predicted molar refractivity (Wildman–Crippen MR) is 102 cm³/mol. The molecule has 11 heteroatoms. The molecule has 0 aliphatic carbocycles. The van der Waals surface area contributed by atoms with E-state index in [0.717, 1.165) is 0 Å². The summed E-state index contributed by atoms with van der Waals surface area (Å²) in [4.78, 5) is 24.8. The van der Waals surface area contributed by atoms with Gasteiger partial charge in [0.25, 0.3) is 21.8 Å². The van der Waals surface area contributed by atoms with Gasteiger partial charge >= 0.3 is 0 Å². The van der Waals surface area contributed by atoms with Crippen molar-refractivity contribution in [2.75, 3.05) is 51.6 Å². The van der Waals surface area contributed by atoms with Crippen LogP contribution in [0.15, 0.2) is 18.2 Å². The predicted octanol–water partition coefficient (Wildman–Crippen LogP) is 0.981. The highest BCUT2D eigenvalue weighted by Gasteiger charge is 2.33. The Hall–Kier alpha value is -2.24. The first-order chi connectivity index (χ1) is 12.8. The largest absolute Gasteiger partial charge is 0.387 e. The first kappa shape index (κ1) is 21.1. The van der Waals surface area contributed by atoms with Crippen molar-refractivity contribution in [3.05, 3.63) is 33.9 Å². The molecule has 1 aromatic rings. The van der Waals surface area contributed by atoms with Crippen molar-refractivity contribution in [2.24, 2.45) is 0 Å². The molecular weight excluding hydrogens is 374 g/mol. The fraction of sp³-hybridized carbons (Fsp3) is 0.562. The molecule has 1 aromatic carbocycles. The second-order valence-corrected chi connectivity index (χ2v) is 7.95. The van der Waals surface area contributed by atoms with E-state index in [0.29, 0.717) is 18.8 Å². The van der Waals surface area contributed by atoms with Crippen molar-refractivity contribution < 1.29 is 18.1 Å². The van der Waals surface area contributed by atoms with Crippen LogP contribution < -0.4 is 5.32 Å². The maximum atomic E-state index is 12.8. The number of nitrogens with zero attached hydrogens (tertiary/aromatic N) is 4. The number of benzene rings is 1. The molecular formula is C16H25N5O5S. The van der Waals surface area contributed by atoms with Gasteiger partial charge in [0.05, 0.1) is 10.5 Å². The average Bonchev–Trinajstić information content (AvgIpc) is 2.67. The molecule has 1 saturated heterocycles. The third kappa shape index (κ3) is 4.37. The molecule has 1 heterocycles. The smallest absolute Gasteiger partial charge is 0.282 e. The van der Waals surface area contributed by atoms with Crippen LogP contribution in [-0.4, -0.2) is 79.1 Å². The molecule has 150 valence electrons. The number of amides is 1. The molecule has 1 amide bonds. The Morgan fingerprint density at radius 3 is 2.30 bits per heavy atom. The summed E-state index contributed by atoms with van der Waals surface area (Å²) in [6.45, 7) is 5.17. The highest BCUT2D eigenvalue weighted by molar-refractivity contribution is 7.86. The second kappa shape index (κ2) is 8.63. The fourth-order valence-electron chi connectivity index (χ4n) is 3.05. The zero-order valence-electron chi connectivity index (χ0n) is 15.7. The van der Waals surface area contributed by atoms with E-state index in [1.165, 1.54) is 31.7 Å². The first-order valence-corrected chi connectivity index (χ1v) is 10.2. The van der Waals surface area contributed by atoms with Gasteiger partial charge in [-0.15, -0.1) is 0 Å². The Labute approximate surface area is 159 Å². The lowest BCUT2D eigenvalue weighted by Gasteiger charge is -2.36. The van der Waals surface area contributed by atoms with Crippen molar-refractivity contribution in [2.45, 2.75) is 13.8 Å². The maximum Gasteiger partial charge on any atom is 0.282 e. The van der Waals surface area contributed by atoms with E-state index in [1.54, 1.807) is 20.9 Å². The zero-order chi connectivity index (χ0) is 20.2. The number of carbonyl (C=O) groups is 1. The van der Waals surface area contributed by atoms with Crippen LogP contribution in [0.1, 0.15) is 24.2 Å². The molecule has 1 aliphatic rings. The van der Waals surface area contributed by atoms with Crippen LogP contribution in [0, 0.1) is 10.1 Å². The molecule has 0 bridgehead atoms. The Kier molecular flexibility index (Phi) is 6.73. The zero-order valence-corrected chi connectivity index (χ0v) is 16.5.